The van der Waals surface area contributed by atoms with Crippen LogP contribution >= 0.6 is 0 Å². The summed E-state index contributed by atoms with van der Waals surface area (Å²) < 4.78 is 2.39. The number of benzene rings is 5. The van der Waals surface area contributed by atoms with E-state index in [0.717, 1.165) is 28.8 Å². The van der Waals surface area contributed by atoms with Gasteiger partial charge < -0.3 is 4.57 Å². The number of aryl methyl sites for hydroxylation is 1. The first-order chi connectivity index (χ1) is 19.3. The molecule has 0 aliphatic carbocycles. The first-order valence-electron chi connectivity index (χ1n) is 13.3. The molecular weight excluding hydrogens is 476 g/mol. The van der Waals surface area contributed by atoms with Crippen LogP contribution in [0.4, 0.5) is 0 Å². The highest BCUT2D eigenvalue weighted by Gasteiger charge is 2.14. The predicted octanol–water partition coefficient (Wildman–Crippen LogP) is 8.67. The van der Waals surface area contributed by atoms with Gasteiger partial charge in [0, 0.05) is 45.0 Å². The first kappa shape index (κ1) is 23.1. The molecule has 7 aromatic rings. The maximum atomic E-state index is 4.91. The van der Waals surface area contributed by atoms with E-state index in [9.17, 15) is 0 Å². The van der Waals surface area contributed by atoms with Gasteiger partial charge in [0.05, 0.1) is 0 Å². The molecule has 0 amide bonds. The van der Waals surface area contributed by atoms with Crippen molar-refractivity contribution in [2.24, 2.45) is 0 Å². The molecule has 186 valence electrons. The van der Waals surface area contributed by atoms with Gasteiger partial charge in [0.1, 0.15) is 0 Å². The van der Waals surface area contributed by atoms with Crippen LogP contribution in [-0.4, -0.2) is 19.5 Å². The highest BCUT2D eigenvalue weighted by molar-refractivity contribution is 6.09. The number of aromatic nitrogens is 4. The molecule has 2 heterocycles. The van der Waals surface area contributed by atoms with Crippen LogP contribution in [0.5, 0.6) is 0 Å². The zero-order valence-electron chi connectivity index (χ0n) is 21.6. The van der Waals surface area contributed by atoms with Crippen LogP contribution in [0, 0.1) is 0 Å². The fraction of sp³-hybridized carbons (Fsp3) is 0.0571. The molecule has 0 saturated heterocycles. The van der Waals surface area contributed by atoms with E-state index in [-0.39, 0.29) is 0 Å². The second kappa shape index (κ2) is 9.66. The smallest absolute Gasteiger partial charge is 0.164 e. The van der Waals surface area contributed by atoms with Crippen molar-refractivity contribution in [1.82, 2.24) is 19.5 Å². The second-order valence-corrected chi connectivity index (χ2v) is 9.61. The average molecular weight is 503 g/mol. The summed E-state index contributed by atoms with van der Waals surface area (Å²) in [5.41, 5.74) is 7.71. The normalized spacial score (nSPS) is 11.3. The molecule has 7 rings (SSSR count). The van der Waals surface area contributed by atoms with Gasteiger partial charge in [0.15, 0.2) is 17.5 Å². The Hall–Kier alpha value is -5.09. The molecule has 0 fully saturated rings. The summed E-state index contributed by atoms with van der Waals surface area (Å²) in [6.45, 7) is 3.12. The Balaban J connectivity index is 1.37. The molecule has 2 aromatic heterocycles. The van der Waals surface area contributed by atoms with Crippen molar-refractivity contribution in [2.75, 3.05) is 0 Å². The van der Waals surface area contributed by atoms with Gasteiger partial charge in [-0.15, -0.1) is 0 Å². The number of rotatable bonds is 5. The van der Waals surface area contributed by atoms with Crippen LogP contribution < -0.4 is 0 Å². The highest BCUT2D eigenvalue weighted by atomic mass is 15.0. The molecule has 0 saturated carbocycles. The van der Waals surface area contributed by atoms with Crippen molar-refractivity contribution in [3.63, 3.8) is 0 Å². The minimum Gasteiger partial charge on any atom is -0.341 e. The molecule has 0 N–H and O–H groups in total. The van der Waals surface area contributed by atoms with Gasteiger partial charge >= 0.3 is 0 Å². The molecule has 5 aromatic carbocycles. The Morgan fingerprint density at radius 3 is 1.62 bits per heavy atom. The number of hydrogen-bond donors (Lipinski definition) is 0. The third-order valence-corrected chi connectivity index (χ3v) is 7.24. The molecule has 0 aliphatic rings. The maximum Gasteiger partial charge on any atom is 0.164 e. The fourth-order valence-corrected chi connectivity index (χ4v) is 5.35. The lowest BCUT2D eigenvalue weighted by Gasteiger charge is -2.10. The fourth-order valence-electron chi connectivity index (χ4n) is 5.35. The SMILES string of the molecule is CCn1c2ccccc2c2ccc(-c3cccc(-c4nc(-c5ccccc5)nc(-c5ccccc5)n4)c3)cc21. The topological polar surface area (TPSA) is 43.6 Å². The lowest BCUT2D eigenvalue weighted by Crippen LogP contribution is -2.00. The summed E-state index contributed by atoms with van der Waals surface area (Å²) in [6, 6.07) is 44.1. The lowest BCUT2D eigenvalue weighted by molar-refractivity contribution is 0.827. The van der Waals surface area contributed by atoms with E-state index in [1.165, 1.54) is 27.4 Å². The average Bonchev–Trinajstić information content (AvgIpc) is 3.34. The van der Waals surface area contributed by atoms with Gasteiger partial charge in [-0.2, -0.15) is 0 Å². The van der Waals surface area contributed by atoms with E-state index in [2.05, 4.69) is 78.2 Å². The zero-order chi connectivity index (χ0) is 26.2. The molecule has 0 spiro atoms. The van der Waals surface area contributed by atoms with E-state index in [4.69, 9.17) is 15.0 Å². The van der Waals surface area contributed by atoms with Crippen molar-refractivity contribution >= 4 is 21.8 Å². The van der Waals surface area contributed by atoms with Gasteiger partial charge in [-0.3, -0.25) is 0 Å². The van der Waals surface area contributed by atoms with Crippen LogP contribution in [-0.2, 0) is 6.54 Å². The summed E-state index contributed by atoms with van der Waals surface area (Å²) in [4.78, 5) is 14.7. The van der Waals surface area contributed by atoms with E-state index in [0.29, 0.717) is 17.5 Å². The van der Waals surface area contributed by atoms with Crippen molar-refractivity contribution in [3.05, 3.63) is 127 Å². The van der Waals surface area contributed by atoms with Crippen molar-refractivity contribution < 1.29 is 0 Å². The minimum atomic E-state index is 0.660. The summed E-state index contributed by atoms with van der Waals surface area (Å²) in [6.07, 6.45) is 0. The molecule has 0 bridgehead atoms. The van der Waals surface area contributed by atoms with E-state index in [1.54, 1.807) is 0 Å². The third-order valence-electron chi connectivity index (χ3n) is 7.24. The Labute approximate surface area is 227 Å². The van der Waals surface area contributed by atoms with Crippen molar-refractivity contribution in [2.45, 2.75) is 13.5 Å². The summed E-state index contributed by atoms with van der Waals surface area (Å²) in [5.74, 6) is 1.99. The predicted molar refractivity (Wildman–Crippen MR) is 160 cm³/mol. The van der Waals surface area contributed by atoms with E-state index >= 15 is 0 Å². The number of hydrogen-bond acceptors (Lipinski definition) is 3. The highest BCUT2D eigenvalue weighted by Crippen LogP contribution is 2.34. The van der Waals surface area contributed by atoms with E-state index < -0.39 is 0 Å². The third kappa shape index (κ3) is 4.16. The Kier molecular flexibility index (Phi) is 5.71. The van der Waals surface area contributed by atoms with Crippen LogP contribution in [0.25, 0.3) is 67.1 Å². The Morgan fingerprint density at radius 1 is 0.436 bits per heavy atom. The standard InChI is InChI=1S/C35H26N4/c1-2-39-31-19-10-9-18-29(31)30-21-20-27(23-32(30)39)26-16-11-17-28(22-26)35-37-33(24-12-5-3-6-13-24)36-34(38-35)25-14-7-4-8-15-25/h3-23H,2H2,1H3. The van der Waals surface area contributed by atoms with Crippen LogP contribution in [0.15, 0.2) is 127 Å². The molecule has 0 radical (unpaired) electrons. The largest absolute Gasteiger partial charge is 0.341 e. The van der Waals surface area contributed by atoms with Gasteiger partial charge in [-0.25, -0.2) is 15.0 Å². The van der Waals surface area contributed by atoms with E-state index in [1.807, 2.05) is 60.7 Å². The van der Waals surface area contributed by atoms with Crippen LogP contribution in [0.1, 0.15) is 6.92 Å². The maximum absolute atomic E-state index is 4.91. The molecule has 0 aliphatic heterocycles. The van der Waals surface area contributed by atoms with Gasteiger partial charge in [0.25, 0.3) is 0 Å². The molecule has 39 heavy (non-hydrogen) atoms. The molecule has 4 heteroatoms. The molecule has 0 atom stereocenters. The van der Waals surface area contributed by atoms with Crippen molar-refractivity contribution in [1.29, 1.82) is 0 Å². The quantitative estimate of drug-likeness (QED) is 0.236. The Bertz CT molecular complexity index is 1880. The van der Waals surface area contributed by atoms with Gasteiger partial charge in [0.2, 0.25) is 0 Å². The summed E-state index contributed by atoms with van der Waals surface area (Å²) >= 11 is 0. The van der Waals surface area contributed by atoms with Crippen LogP contribution in [0.3, 0.4) is 0 Å². The minimum absolute atomic E-state index is 0.660. The zero-order valence-corrected chi connectivity index (χ0v) is 21.6. The molecule has 4 nitrogen and oxygen atoms in total. The summed E-state index contributed by atoms with van der Waals surface area (Å²) in [5, 5.41) is 2.58. The number of para-hydroxylation sites is 1. The molecular formula is C35H26N4. The summed E-state index contributed by atoms with van der Waals surface area (Å²) in [7, 11) is 0. The van der Waals surface area contributed by atoms with Gasteiger partial charge in [-0.1, -0.05) is 109 Å². The van der Waals surface area contributed by atoms with Crippen molar-refractivity contribution in [3.8, 4) is 45.3 Å². The van der Waals surface area contributed by atoms with Crippen LogP contribution in [0.2, 0.25) is 0 Å². The Morgan fingerprint density at radius 2 is 0.949 bits per heavy atom. The lowest BCUT2D eigenvalue weighted by atomic mass is 10.0. The number of fused-ring (bicyclic) bond motifs is 3. The second-order valence-electron chi connectivity index (χ2n) is 9.61. The monoisotopic (exact) mass is 502 g/mol. The first-order valence-corrected chi connectivity index (χ1v) is 13.3. The van der Waals surface area contributed by atoms with Gasteiger partial charge in [-0.05, 0) is 36.2 Å². The number of nitrogens with zero attached hydrogens (tertiary/aromatic N) is 4. The molecule has 0 unspecified atom stereocenters.